The van der Waals surface area contributed by atoms with Gasteiger partial charge in [0.05, 0.1) is 11.2 Å². The fourth-order valence-electron chi connectivity index (χ4n) is 1.57. The molecule has 6 heteroatoms. The lowest BCUT2D eigenvalue weighted by Gasteiger charge is -2.09. The summed E-state index contributed by atoms with van der Waals surface area (Å²) in [5, 5.41) is 0.740. The van der Waals surface area contributed by atoms with Crippen molar-refractivity contribution in [3.05, 3.63) is 30.2 Å². The van der Waals surface area contributed by atoms with E-state index < -0.39 is 6.36 Å². The highest BCUT2D eigenvalue weighted by Crippen LogP contribution is 2.26. The van der Waals surface area contributed by atoms with Gasteiger partial charge in [-0.25, -0.2) is 9.97 Å². The van der Waals surface area contributed by atoms with Crippen LogP contribution in [-0.4, -0.2) is 16.3 Å². The van der Waals surface area contributed by atoms with Gasteiger partial charge >= 0.3 is 6.36 Å². The lowest BCUT2D eigenvalue weighted by Crippen LogP contribution is -2.17. The molecule has 0 fully saturated rings. The van der Waals surface area contributed by atoms with E-state index in [0.717, 1.165) is 11.1 Å². The van der Waals surface area contributed by atoms with E-state index in [1.54, 1.807) is 0 Å². The summed E-state index contributed by atoms with van der Waals surface area (Å²) < 4.78 is 39.9. The van der Waals surface area contributed by atoms with E-state index >= 15 is 0 Å². The first-order chi connectivity index (χ1) is 7.99. The molecule has 90 valence electrons. The van der Waals surface area contributed by atoms with Crippen LogP contribution in [0.5, 0.6) is 5.75 Å². The number of rotatable bonds is 2. The van der Waals surface area contributed by atoms with E-state index in [2.05, 4.69) is 14.7 Å². The highest BCUT2D eigenvalue weighted by atomic mass is 19.4. The molecule has 3 nitrogen and oxygen atoms in total. The van der Waals surface area contributed by atoms with Gasteiger partial charge in [0.2, 0.25) is 0 Å². The maximum Gasteiger partial charge on any atom is 0.573 e. The van der Waals surface area contributed by atoms with Crippen LogP contribution in [0.15, 0.2) is 24.5 Å². The van der Waals surface area contributed by atoms with Crippen molar-refractivity contribution in [2.75, 3.05) is 0 Å². The van der Waals surface area contributed by atoms with Crippen molar-refractivity contribution >= 4 is 10.9 Å². The van der Waals surface area contributed by atoms with Gasteiger partial charge < -0.3 is 4.74 Å². The van der Waals surface area contributed by atoms with Crippen LogP contribution in [0.1, 0.15) is 12.6 Å². The minimum absolute atomic E-state index is 0.272. The summed E-state index contributed by atoms with van der Waals surface area (Å²) in [6, 6.07) is 4.05. The Kier molecular flexibility index (Phi) is 2.87. The number of ether oxygens (including phenoxy) is 1. The predicted octanol–water partition coefficient (Wildman–Crippen LogP) is 3.09. The first-order valence-corrected chi connectivity index (χ1v) is 4.99. The third-order valence-electron chi connectivity index (χ3n) is 2.26. The molecular formula is C11H9F3N2O. The minimum atomic E-state index is -4.69. The van der Waals surface area contributed by atoms with Crippen molar-refractivity contribution in [2.24, 2.45) is 0 Å². The Morgan fingerprint density at radius 1 is 1.24 bits per heavy atom. The van der Waals surface area contributed by atoms with Crippen molar-refractivity contribution in [2.45, 2.75) is 19.7 Å². The number of halogens is 3. The molecule has 0 aliphatic carbocycles. The molecule has 0 saturated carbocycles. The highest BCUT2D eigenvalue weighted by molar-refractivity contribution is 5.82. The van der Waals surface area contributed by atoms with Crippen molar-refractivity contribution in [3.8, 4) is 5.75 Å². The van der Waals surface area contributed by atoms with Crippen LogP contribution in [0.25, 0.3) is 10.9 Å². The minimum Gasteiger partial charge on any atom is -0.406 e. The fraction of sp³-hybridized carbons (Fsp3) is 0.273. The van der Waals surface area contributed by atoms with Crippen LogP contribution < -0.4 is 4.74 Å². The molecule has 2 rings (SSSR count). The second-order valence-corrected chi connectivity index (χ2v) is 3.40. The zero-order valence-electron chi connectivity index (χ0n) is 8.95. The number of nitrogens with zero attached hydrogens (tertiary/aromatic N) is 2. The van der Waals surface area contributed by atoms with Crippen LogP contribution >= 0.6 is 0 Å². The number of hydrogen-bond acceptors (Lipinski definition) is 3. The van der Waals surface area contributed by atoms with E-state index in [-0.39, 0.29) is 5.75 Å². The largest absolute Gasteiger partial charge is 0.573 e. The molecule has 0 atom stereocenters. The zero-order valence-corrected chi connectivity index (χ0v) is 8.95. The molecule has 1 heterocycles. The number of aromatic nitrogens is 2. The van der Waals surface area contributed by atoms with Crippen molar-refractivity contribution in [3.63, 3.8) is 0 Å². The summed E-state index contributed by atoms with van der Waals surface area (Å²) in [4.78, 5) is 7.98. The normalized spacial score (nSPS) is 11.8. The average molecular weight is 242 g/mol. The Morgan fingerprint density at radius 2 is 2.00 bits per heavy atom. The molecule has 0 spiro atoms. The van der Waals surface area contributed by atoms with Crippen LogP contribution in [0, 0.1) is 0 Å². The monoisotopic (exact) mass is 242 g/mol. The molecule has 1 aromatic carbocycles. The third-order valence-corrected chi connectivity index (χ3v) is 2.26. The molecule has 0 radical (unpaired) electrons. The van der Waals surface area contributed by atoms with Crippen LogP contribution in [0.2, 0.25) is 0 Å². The Morgan fingerprint density at radius 3 is 2.65 bits per heavy atom. The van der Waals surface area contributed by atoms with Gasteiger partial charge in [-0.3, -0.25) is 0 Å². The lowest BCUT2D eigenvalue weighted by atomic mass is 10.1. The second kappa shape index (κ2) is 4.20. The van der Waals surface area contributed by atoms with E-state index in [0.29, 0.717) is 11.9 Å². The van der Waals surface area contributed by atoms with Gasteiger partial charge in [0.25, 0.3) is 0 Å². The molecule has 0 bridgehead atoms. The summed E-state index contributed by atoms with van der Waals surface area (Å²) in [7, 11) is 0. The van der Waals surface area contributed by atoms with E-state index in [4.69, 9.17) is 0 Å². The van der Waals surface area contributed by atoms with Gasteiger partial charge in [-0.1, -0.05) is 6.92 Å². The molecule has 0 N–H and O–H groups in total. The maximum absolute atomic E-state index is 12.0. The number of hydrogen-bond donors (Lipinski definition) is 0. The second-order valence-electron chi connectivity index (χ2n) is 3.40. The zero-order chi connectivity index (χ0) is 12.5. The summed E-state index contributed by atoms with van der Waals surface area (Å²) in [6.07, 6.45) is -2.66. The molecule has 1 aromatic heterocycles. The van der Waals surface area contributed by atoms with Gasteiger partial charge in [0, 0.05) is 11.5 Å². The number of alkyl halides is 3. The number of benzene rings is 1. The van der Waals surface area contributed by atoms with Crippen molar-refractivity contribution in [1.29, 1.82) is 0 Å². The van der Waals surface area contributed by atoms with Crippen LogP contribution in [0.3, 0.4) is 0 Å². The fourth-order valence-corrected chi connectivity index (χ4v) is 1.57. The first kappa shape index (κ1) is 11.6. The molecule has 0 amide bonds. The van der Waals surface area contributed by atoms with Crippen molar-refractivity contribution in [1.82, 2.24) is 9.97 Å². The Balaban J connectivity index is 2.45. The topological polar surface area (TPSA) is 35.0 Å². The Labute approximate surface area is 95.3 Å². The third kappa shape index (κ3) is 2.64. The van der Waals surface area contributed by atoms with Crippen LogP contribution in [0.4, 0.5) is 13.2 Å². The SMILES string of the molecule is CCc1ncnc2cc(OC(F)(F)F)ccc12. The predicted molar refractivity (Wildman–Crippen MR) is 55.6 cm³/mol. The molecule has 17 heavy (non-hydrogen) atoms. The number of fused-ring (bicyclic) bond motifs is 1. The van der Waals surface area contributed by atoms with Crippen molar-refractivity contribution < 1.29 is 17.9 Å². The summed E-state index contributed by atoms with van der Waals surface area (Å²) in [5.41, 5.74) is 1.24. The van der Waals surface area contributed by atoms with Gasteiger partial charge in [0.1, 0.15) is 12.1 Å². The molecule has 0 aliphatic rings. The summed E-state index contributed by atoms with van der Waals surface area (Å²) in [5.74, 6) is -0.272. The highest BCUT2D eigenvalue weighted by Gasteiger charge is 2.31. The van der Waals surface area contributed by atoms with Gasteiger partial charge in [-0.15, -0.1) is 13.2 Å². The quantitative estimate of drug-likeness (QED) is 0.811. The average Bonchev–Trinajstić information content (AvgIpc) is 2.25. The number of aryl methyl sites for hydroxylation is 1. The molecule has 0 saturated heterocycles. The Bertz CT molecular complexity index is 540. The smallest absolute Gasteiger partial charge is 0.406 e. The molecule has 0 aliphatic heterocycles. The molecule has 0 unspecified atom stereocenters. The van der Waals surface area contributed by atoms with Gasteiger partial charge in [-0.05, 0) is 18.6 Å². The Hall–Kier alpha value is -1.85. The van der Waals surface area contributed by atoms with E-state index in [1.807, 2.05) is 6.92 Å². The van der Waals surface area contributed by atoms with Gasteiger partial charge in [-0.2, -0.15) is 0 Å². The van der Waals surface area contributed by atoms with E-state index in [9.17, 15) is 13.2 Å². The van der Waals surface area contributed by atoms with Crippen LogP contribution in [-0.2, 0) is 6.42 Å². The van der Waals surface area contributed by atoms with Gasteiger partial charge in [0.15, 0.2) is 0 Å². The van der Waals surface area contributed by atoms with E-state index in [1.165, 1.54) is 24.5 Å². The summed E-state index contributed by atoms with van der Waals surface area (Å²) in [6.45, 7) is 1.92. The molecule has 2 aromatic rings. The standard InChI is InChI=1S/C11H9F3N2O/c1-2-9-8-4-3-7(17-11(12,13)14)5-10(8)16-6-15-9/h3-6H,2H2,1H3. The molecular weight excluding hydrogens is 233 g/mol. The lowest BCUT2D eigenvalue weighted by molar-refractivity contribution is -0.274. The maximum atomic E-state index is 12.0. The first-order valence-electron chi connectivity index (χ1n) is 4.99. The summed E-state index contributed by atoms with van der Waals surface area (Å²) >= 11 is 0.